The normalized spacial score (nSPS) is 10.6. The summed E-state index contributed by atoms with van der Waals surface area (Å²) in [4.78, 5) is 22.5. The summed E-state index contributed by atoms with van der Waals surface area (Å²) in [5, 5.41) is 16.8. The van der Waals surface area contributed by atoms with Gasteiger partial charge in [-0.3, -0.25) is 14.9 Å². The molecule has 0 atom stereocenters. The molecule has 1 aromatic rings. The Labute approximate surface area is 142 Å². The lowest BCUT2D eigenvalue weighted by Gasteiger charge is -2.31. The summed E-state index contributed by atoms with van der Waals surface area (Å²) in [7, 11) is 0. The standard InChI is InChI=1S/C15H24N4O3.ClH/c1-3-15(4-2,11-16)18-14(20)9-10-17-12-7-5-6-8-13(12)19(21)22;/h5-8,17H,3-4,9-11,16H2,1-2H3,(H,18,20);1H. The molecule has 0 saturated heterocycles. The Balaban J connectivity index is 0.00000484. The van der Waals surface area contributed by atoms with E-state index in [1.54, 1.807) is 18.2 Å². The number of anilines is 1. The van der Waals surface area contributed by atoms with Crippen molar-refractivity contribution in [3.8, 4) is 0 Å². The number of para-hydroxylation sites is 2. The molecule has 130 valence electrons. The lowest BCUT2D eigenvalue weighted by atomic mass is 9.93. The second-order valence-electron chi connectivity index (χ2n) is 5.19. The molecule has 0 unspecified atom stereocenters. The highest BCUT2D eigenvalue weighted by Crippen LogP contribution is 2.22. The zero-order valence-electron chi connectivity index (χ0n) is 13.5. The Morgan fingerprint density at radius 1 is 1.30 bits per heavy atom. The molecule has 1 aromatic carbocycles. The molecule has 8 heteroatoms. The van der Waals surface area contributed by atoms with Crippen LogP contribution >= 0.6 is 12.4 Å². The molecule has 1 amide bonds. The summed E-state index contributed by atoms with van der Waals surface area (Å²) in [5.74, 6) is -0.111. The number of amides is 1. The number of nitrogens with two attached hydrogens (primary N) is 1. The van der Waals surface area contributed by atoms with Crippen LogP contribution < -0.4 is 16.4 Å². The van der Waals surface area contributed by atoms with Gasteiger partial charge in [-0.15, -0.1) is 12.4 Å². The third-order valence-electron chi connectivity index (χ3n) is 3.92. The van der Waals surface area contributed by atoms with Gasteiger partial charge < -0.3 is 16.4 Å². The fourth-order valence-electron chi connectivity index (χ4n) is 2.22. The Kier molecular flexibility index (Phi) is 9.21. The van der Waals surface area contributed by atoms with Crippen LogP contribution in [0.2, 0.25) is 0 Å². The molecule has 0 aliphatic rings. The van der Waals surface area contributed by atoms with Gasteiger partial charge in [-0.05, 0) is 18.9 Å². The third kappa shape index (κ3) is 6.03. The Hall–Kier alpha value is -1.86. The summed E-state index contributed by atoms with van der Waals surface area (Å²) in [6, 6.07) is 6.37. The van der Waals surface area contributed by atoms with Crippen molar-refractivity contribution < 1.29 is 9.72 Å². The lowest BCUT2D eigenvalue weighted by Crippen LogP contribution is -2.53. The van der Waals surface area contributed by atoms with Crippen LogP contribution in [0.1, 0.15) is 33.1 Å². The first kappa shape index (κ1) is 21.1. The number of carbonyl (C=O) groups is 1. The lowest BCUT2D eigenvalue weighted by molar-refractivity contribution is -0.384. The third-order valence-corrected chi connectivity index (χ3v) is 3.92. The van der Waals surface area contributed by atoms with Gasteiger partial charge in [0.15, 0.2) is 0 Å². The van der Waals surface area contributed by atoms with Crippen LogP contribution in [0.5, 0.6) is 0 Å². The van der Waals surface area contributed by atoms with Gasteiger partial charge in [-0.25, -0.2) is 0 Å². The molecule has 4 N–H and O–H groups in total. The molecule has 0 aliphatic carbocycles. The van der Waals surface area contributed by atoms with Crippen molar-refractivity contribution in [3.05, 3.63) is 34.4 Å². The number of halogens is 1. The van der Waals surface area contributed by atoms with Crippen molar-refractivity contribution in [2.75, 3.05) is 18.4 Å². The number of nitro benzene ring substituents is 1. The van der Waals surface area contributed by atoms with Crippen molar-refractivity contribution >= 4 is 29.7 Å². The van der Waals surface area contributed by atoms with Crippen molar-refractivity contribution in [2.45, 2.75) is 38.6 Å². The molecule has 0 heterocycles. The Morgan fingerprint density at radius 2 is 1.91 bits per heavy atom. The van der Waals surface area contributed by atoms with E-state index in [0.29, 0.717) is 18.8 Å². The number of nitro groups is 1. The maximum absolute atomic E-state index is 12.0. The van der Waals surface area contributed by atoms with E-state index in [2.05, 4.69) is 10.6 Å². The second-order valence-corrected chi connectivity index (χ2v) is 5.19. The fourth-order valence-corrected chi connectivity index (χ4v) is 2.22. The maximum Gasteiger partial charge on any atom is 0.292 e. The van der Waals surface area contributed by atoms with Crippen LogP contribution in [0.4, 0.5) is 11.4 Å². The average Bonchev–Trinajstić information content (AvgIpc) is 2.53. The van der Waals surface area contributed by atoms with Crippen LogP contribution in [-0.4, -0.2) is 29.5 Å². The average molecular weight is 345 g/mol. The first-order valence-corrected chi connectivity index (χ1v) is 7.46. The molecule has 1 rings (SSSR count). The fraction of sp³-hybridized carbons (Fsp3) is 0.533. The largest absolute Gasteiger partial charge is 0.379 e. The van der Waals surface area contributed by atoms with E-state index in [0.717, 1.165) is 12.8 Å². The molecular weight excluding hydrogens is 320 g/mol. The van der Waals surface area contributed by atoms with Gasteiger partial charge in [0.25, 0.3) is 5.69 Å². The van der Waals surface area contributed by atoms with Gasteiger partial charge in [-0.2, -0.15) is 0 Å². The van der Waals surface area contributed by atoms with Crippen LogP contribution in [0.25, 0.3) is 0 Å². The monoisotopic (exact) mass is 344 g/mol. The van der Waals surface area contributed by atoms with E-state index in [-0.39, 0.29) is 36.0 Å². The molecule has 23 heavy (non-hydrogen) atoms. The van der Waals surface area contributed by atoms with Crippen molar-refractivity contribution in [3.63, 3.8) is 0 Å². The van der Waals surface area contributed by atoms with Gasteiger partial charge in [0.05, 0.1) is 10.5 Å². The van der Waals surface area contributed by atoms with E-state index >= 15 is 0 Å². The van der Waals surface area contributed by atoms with Crippen molar-refractivity contribution in [1.29, 1.82) is 0 Å². The number of carbonyl (C=O) groups excluding carboxylic acids is 1. The molecule has 0 aromatic heterocycles. The smallest absolute Gasteiger partial charge is 0.292 e. The first-order valence-electron chi connectivity index (χ1n) is 7.46. The first-order chi connectivity index (χ1) is 10.5. The highest BCUT2D eigenvalue weighted by molar-refractivity contribution is 5.85. The number of hydrogen-bond donors (Lipinski definition) is 3. The zero-order valence-corrected chi connectivity index (χ0v) is 14.3. The van der Waals surface area contributed by atoms with Gasteiger partial charge in [0.2, 0.25) is 5.91 Å². The van der Waals surface area contributed by atoms with Crippen molar-refractivity contribution in [1.82, 2.24) is 5.32 Å². The van der Waals surface area contributed by atoms with E-state index in [1.807, 2.05) is 13.8 Å². The minimum atomic E-state index is -0.448. The van der Waals surface area contributed by atoms with Crippen molar-refractivity contribution in [2.24, 2.45) is 5.73 Å². The van der Waals surface area contributed by atoms with E-state index in [9.17, 15) is 14.9 Å². The summed E-state index contributed by atoms with van der Waals surface area (Å²) >= 11 is 0. The predicted molar refractivity (Wildman–Crippen MR) is 94.0 cm³/mol. The summed E-state index contributed by atoms with van der Waals surface area (Å²) in [6.45, 7) is 4.69. The van der Waals surface area contributed by atoms with Gasteiger partial charge in [0.1, 0.15) is 5.69 Å². The second kappa shape index (κ2) is 10.0. The number of nitrogens with one attached hydrogen (secondary N) is 2. The quantitative estimate of drug-likeness (QED) is 0.470. The van der Waals surface area contributed by atoms with Crippen LogP contribution in [0.3, 0.4) is 0 Å². The minimum absolute atomic E-state index is 0. The minimum Gasteiger partial charge on any atom is -0.379 e. The van der Waals surface area contributed by atoms with E-state index < -0.39 is 4.92 Å². The number of rotatable bonds is 9. The predicted octanol–water partition coefficient (Wildman–Crippen LogP) is 2.45. The molecular formula is C15H25ClN4O3. The number of hydrogen-bond acceptors (Lipinski definition) is 5. The molecule has 7 nitrogen and oxygen atoms in total. The molecule has 0 bridgehead atoms. The summed E-state index contributed by atoms with van der Waals surface area (Å²) < 4.78 is 0. The molecule has 0 aliphatic heterocycles. The molecule has 0 saturated carbocycles. The zero-order chi connectivity index (χ0) is 16.6. The number of benzene rings is 1. The van der Waals surface area contributed by atoms with Gasteiger partial charge in [0, 0.05) is 25.6 Å². The Morgan fingerprint density at radius 3 is 2.43 bits per heavy atom. The molecule has 0 radical (unpaired) electrons. The highest BCUT2D eigenvalue weighted by Gasteiger charge is 2.25. The number of nitrogens with zero attached hydrogens (tertiary/aromatic N) is 1. The highest BCUT2D eigenvalue weighted by atomic mass is 35.5. The van der Waals surface area contributed by atoms with Crippen LogP contribution in [0.15, 0.2) is 24.3 Å². The maximum atomic E-state index is 12.0. The van der Waals surface area contributed by atoms with E-state index in [1.165, 1.54) is 6.07 Å². The summed E-state index contributed by atoms with van der Waals surface area (Å²) in [6.07, 6.45) is 1.76. The van der Waals surface area contributed by atoms with E-state index in [4.69, 9.17) is 5.73 Å². The molecule has 0 spiro atoms. The van der Waals surface area contributed by atoms with Gasteiger partial charge in [-0.1, -0.05) is 26.0 Å². The van der Waals surface area contributed by atoms with Crippen LogP contribution in [-0.2, 0) is 4.79 Å². The SMILES string of the molecule is CCC(CC)(CN)NC(=O)CCNc1ccccc1[N+](=O)[O-].Cl. The van der Waals surface area contributed by atoms with Gasteiger partial charge >= 0.3 is 0 Å². The topological polar surface area (TPSA) is 110 Å². The Bertz CT molecular complexity index is 513. The summed E-state index contributed by atoms with van der Waals surface area (Å²) in [5.41, 5.74) is 5.79. The molecule has 0 fully saturated rings. The van der Waals surface area contributed by atoms with Crippen LogP contribution in [0, 0.1) is 10.1 Å².